The SMILES string of the molecule is NCc1cnsc1CCN1CCCCC1. The summed E-state index contributed by atoms with van der Waals surface area (Å²) in [6.07, 6.45) is 7.18. The van der Waals surface area contributed by atoms with Gasteiger partial charge in [0, 0.05) is 24.2 Å². The third-order valence-electron chi connectivity index (χ3n) is 3.05. The first-order chi connectivity index (χ1) is 7.40. The Balaban J connectivity index is 1.81. The van der Waals surface area contributed by atoms with Crippen LogP contribution in [0.1, 0.15) is 29.7 Å². The molecule has 0 amide bonds. The molecule has 84 valence electrons. The molecule has 2 rings (SSSR count). The van der Waals surface area contributed by atoms with Crippen LogP contribution in [0.15, 0.2) is 6.20 Å². The topological polar surface area (TPSA) is 42.1 Å². The lowest BCUT2D eigenvalue weighted by atomic mass is 10.1. The van der Waals surface area contributed by atoms with Gasteiger partial charge in [-0.2, -0.15) is 0 Å². The highest BCUT2D eigenvalue weighted by Gasteiger charge is 2.11. The van der Waals surface area contributed by atoms with Gasteiger partial charge in [-0.25, -0.2) is 4.37 Å². The standard InChI is InChI=1S/C11H19N3S/c12-8-10-9-13-15-11(10)4-7-14-5-2-1-3-6-14/h9H,1-8,12H2. The summed E-state index contributed by atoms with van der Waals surface area (Å²) in [5.41, 5.74) is 6.89. The van der Waals surface area contributed by atoms with Crippen LogP contribution in [0.4, 0.5) is 0 Å². The third-order valence-corrected chi connectivity index (χ3v) is 3.95. The monoisotopic (exact) mass is 225 g/mol. The van der Waals surface area contributed by atoms with Crippen molar-refractivity contribution in [2.75, 3.05) is 19.6 Å². The van der Waals surface area contributed by atoms with Crippen LogP contribution in [0.5, 0.6) is 0 Å². The van der Waals surface area contributed by atoms with Gasteiger partial charge < -0.3 is 10.6 Å². The van der Waals surface area contributed by atoms with E-state index in [0.717, 1.165) is 6.42 Å². The molecule has 0 aliphatic carbocycles. The highest BCUT2D eigenvalue weighted by Crippen LogP contribution is 2.15. The molecule has 1 aliphatic rings. The van der Waals surface area contributed by atoms with Gasteiger partial charge in [0.15, 0.2) is 0 Å². The molecular weight excluding hydrogens is 206 g/mol. The van der Waals surface area contributed by atoms with E-state index in [1.54, 1.807) is 11.5 Å². The van der Waals surface area contributed by atoms with E-state index >= 15 is 0 Å². The molecule has 3 nitrogen and oxygen atoms in total. The Bertz CT molecular complexity index is 292. The van der Waals surface area contributed by atoms with Crippen molar-refractivity contribution in [3.8, 4) is 0 Å². The first-order valence-corrected chi connectivity index (χ1v) is 6.52. The van der Waals surface area contributed by atoms with Crippen molar-refractivity contribution in [1.82, 2.24) is 9.27 Å². The molecule has 4 heteroatoms. The minimum Gasteiger partial charge on any atom is -0.326 e. The number of hydrogen-bond donors (Lipinski definition) is 1. The Kier molecular flexibility index (Phi) is 4.11. The molecule has 0 saturated carbocycles. The van der Waals surface area contributed by atoms with E-state index < -0.39 is 0 Å². The van der Waals surface area contributed by atoms with Crippen molar-refractivity contribution in [1.29, 1.82) is 0 Å². The van der Waals surface area contributed by atoms with Crippen LogP contribution < -0.4 is 5.73 Å². The average Bonchev–Trinajstić information content (AvgIpc) is 2.75. The largest absolute Gasteiger partial charge is 0.326 e. The van der Waals surface area contributed by atoms with E-state index in [-0.39, 0.29) is 0 Å². The maximum absolute atomic E-state index is 5.66. The van der Waals surface area contributed by atoms with E-state index in [1.807, 2.05) is 6.20 Å². The zero-order chi connectivity index (χ0) is 10.5. The first-order valence-electron chi connectivity index (χ1n) is 5.75. The quantitative estimate of drug-likeness (QED) is 0.847. The van der Waals surface area contributed by atoms with Gasteiger partial charge in [-0.1, -0.05) is 6.42 Å². The van der Waals surface area contributed by atoms with E-state index in [0.29, 0.717) is 6.54 Å². The lowest BCUT2D eigenvalue weighted by Gasteiger charge is -2.26. The highest BCUT2D eigenvalue weighted by atomic mass is 32.1. The summed E-state index contributed by atoms with van der Waals surface area (Å²) in [6, 6.07) is 0. The van der Waals surface area contributed by atoms with Gasteiger partial charge in [-0.3, -0.25) is 0 Å². The van der Waals surface area contributed by atoms with Crippen molar-refractivity contribution in [3.05, 3.63) is 16.6 Å². The third kappa shape index (κ3) is 3.00. The number of likely N-dealkylation sites (tertiary alicyclic amines) is 1. The van der Waals surface area contributed by atoms with Gasteiger partial charge >= 0.3 is 0 Å². The predicted molar refractivity (Wildman–Crippen MR) is 64.0 cm³/mol. The van der Waals surface area contributed by atoms with Crippen molar-refractivity contribution < 1.29 is 0 Å². The second-order valence-electron chi connectivity index (χ2n) is 4.13. The van der Waals surface area contributed by atoms with E-state index in [9.17, 15) is 0 Å². The van der Waals surface area contributed by atoms with Gasteiger partial charge in [-0.15, -0.1) is 0 Å². The molecule has 1 aromatic rings. The van der Waals surface area contributed by atoms with Gasteiger partial charge in [-0.05, 0) is 49.4 Å². The molecule has 0 unspecified atom stereocenters. The van der Waals surface area contributed by atoms with E-state index in [4.69, 9.17) is 5.73 Å². The summed E-state index contributed by atoms with van der Waals surface area (Å²) < 4.78 is 4.20. The fraction of sp³-hybridized carbons (Fsp3) is 0.727. The fourth-order valence-corrected chi connectivity index (χ4v) is 2.84. The number of piperidine rings is 1. The summed E-state index contributed by atoms with van der Waals surface area (Å²) in [5.74, 6) is 0. The second-order valence-corrected chi connectivity index (χ2v) is 5.02. The molecular formula is C11H19N3S. The molecule has 1 fully saturated rings. The number of nitrogens with two attached hydrogens (primary N) is 1. The van der Waals surface area contributed by atoms with Gasteiger partial charge in [0.2, 0.25) is 0 Å². The second kappa shape index (κ2) is 5.58. The minimum atomic E-state index is 0.631. The van der Waals surface area contributed by atoms with Gasteiger partial charge in [0.05, 0.1) is 0 Å². The molecule has 0 atom stereocenters. The number of nitrogens with zero attached hydrogens (tertiary/aromatic N) is 2. The van der Waals surface area contributed by atoms with Crippen LogP contribution in [0.2, 0.25) is 0 Å². The molecule has 0 bridgehead atoms. The van der Waals surface area contributed by atoms with Gasteiger partial charge in [0.25, 0.3) is 0 Å². The molecule has 0 radical (unpaired) electrons. The van der Waals surface area contributed by atoms with Crippen molar-refractivity contribution in [2.24, 2.45) is 5.73 Å². The zero-order valence-corrected chi connectivity index (χ0v) is 9.93. The van der Waals surface area contributed by atoms with Crippen LogP contribution in [-0.2, 0) is 13.0 Å². The number of aromatic nitrogens is 1. The normalized spacial score (nSPS) is 18.2. The Labute approximate surface area is 95.4 Å². The molecule has 2 heterocycles. The van der Waals surface area contributed by atoms with Crippen molar-refractivity contribution in [2.45, 2.75) is 32.2 Å². The van der Waals surface area contributed by atoms with Crippen LogP contribution in [0.25, 0.3) is 0 Å². The fourth-order valence-electron chi connectivity index (χ4n) is 2.10. The van der Waals surface area contributed by atoms with Crippen LogP contribution >= 0.6 is 11.5 Å². The molecule has 0 spiro atoms. The summed E-state index contributed by atoms with van der Waals surface area (Å²) >= 11 is 1.61. The maximum Gasteiger partial charge on any atom is 0.0454 e. The first kappa shape index (κ1) is 11.0. The molecule has 15 heavy (non-hydrogen) atoms. The highest BCUT2D eigenvalue weighted by molar-refractivity contribution is 7.05. The lowest BCUT2D eigenvalue weighted by Crippen LogP contribution is -2.31. The summed E-state index contributed by atoms with van der Waals surface area (Å²) in [7, 11) is 0. The molecule has 1 aromatic heterocycles. The van der Waals surface area contributed by atoms with Crippen molar-refractivity contribution >= 4 is 11.5 Å². The van der Waals surface area contributed by atoms with Crippen LogP contribution in [0.3, 0.4) is 0 Å². The Morgan fingerprint density at radius 3 is 2.87 bits per heavy atom. The summed E-state index contributed by atoms with van der Waals surface area (Å²) in [5, 5.41) is 0. The van der Waals surface area contributed by atoms with Crippen LogP contribution in [-0.4, -0.2) is 28.9 Å². The molecule has 1 saturated heterocycles. The summed E-state index contributed by atoms with van der Waals surface area (Å²) in [6.45, 7) is 4.36. The Morgan fingerprint density at radius 2 is 2.13 bits per heavy atom. The Hall–Kier alpha value is -0.450. The minimum absolute atomic E-state index is 0.631. The number of hydrogen-bond acceptors (Lipinski definition) is 4. The van der Waals surface area contributed by atoms with E-state index in [2.05, 4.69) is 9.27 Å². The van der Waals surface area contributed by atoms with Crippen LogP contribution in [0, 0.1) is 0 Å². The molecule has 0 aromatic carbocycles. The predicted octanol–water partition coefficient (Wildman–Crippen LogP) is 1.63. The van der Waals surface area contributed by atoms with Crippen molar-refractivity contribution in [3.63, 3.8) is 0 Å². The average molecular weight is 225 g/mol. The zero-order valence-electron chi connectivity index (χ0n) is 9.11. The molecule has 1 aliphatic heterocycles. The summed E-state index contributed by atoms with van der Waals surface area (Å²) in [4.78, 5) is 3.94. The molecule has 2 N–H and O–H groups in total. The smallest absolute Gasteiger partial charge is 0.0454 e. The maximum atomic E-state index is 5.66. The van der Waals surface area contributed by atoms with E-state index in [1.165, 1.54) is 49.3 Å². The number of rotatable bonds is 4. The Morgan fingerprint density at radius 1 is 1.33 bits per heavy atom. The lowest BCUT2D eigenvalue weighted by molar-refractivity contribution is 0.232. The van der Waals surface area contributed by atoms with Gasteiger partial charge in [0.1, 0.15) is 0 Å².